The maximum Gasteiger partial charge on any atom is 0.253 e. The highest BCUT2D eigenvalue weighted by Gasteiger charge is 2.23. The van der Waals surface area contributed by atoms with Crippen LogP contribution in [0.2, 0.25) is 0 Å². The van der Waals surface area contributed by atoms with Gasteiger partial charge in [0.15, 0.2) is 0 Å². The number of aromatic nitrogens is 2. The fourth-order valence-electron chi connectivity index (χ4n) is 3.24. The molecule has 27 heavy (non-hydrogen) atoms. The molecule has 0 unspecified atom stereocenters. The van der Waals surface area contributed by atoms with E-state index in [4.69, 9.17) is 0 Å². The van der Waals surface area contributed by atoms with E-state index in [9.17, 15) is 4.79 Å². The number of amides is 1. The van der Waals surface area contributed by atoms with Gasteiger partial charge in [-0.2, -0.15) is 0 Å². The van der Waals surface area contributed by atoms with Crippen molar-refractivity contribution >= 4 is 23.1 Å². The molecule has 0 aliphatic carbocycles. The number of thiazole rings is 1. The number of carbonyl (C=O) groups is 1. The van der Waals surface area contributed by atoms with Gasteiger partial charge >= 0.3 is 0 Å². The van der Waals surface area contributed by atoms with E-state index in [0.29, 0.717) is 13.1 Å². The number of nitrogens with zero attached hydrogens (tertiary/aromatic N) is 4. The van der Waals surface area contributed by atoms with Crippen molar-refractivity contribution < 1.29 is 4.79 Å². The summed E-state index contributed by atoms with van der Waals surface area (Å²) >= 11 is 1.67. The Morgan fingerprint density at radius 1 is 1.04 bits per heavy atom. The third-order valence-electron chi connectivity index (χ3n) is 4.93. The first-order valence-corrected chi connectivity index (χ1v) is 9.93. The summed E-state index contributed by atoms with van der Waals surface area (Å²) in [6.07, 6.45) is 1.81. The monoisotopic (exact) mass is 378 g/mol. The SMILES string of the molecule is Cc1nc(-c2cccc(C(=O)N3CCN(c4ccccn4)CC3)c2)sc1C. The van der Waals surface area contributed by atoms with Crippen LogP contribution in [0.4, 0.5) is 5.82 Å². The van der Waals surface area contributed by atoms with Gasteiger partial charge in [-0.05, 0) is 38.1 Å². The van der Waals surface area contributed by atoms with Crippen LogP contribution < -0.4 is 4.90 Å². The van der Waals surface area contributed by atoms with Crippen LogP contribution in [0, 0.1) is 13.8 Å². The van der Waals surface area contributed by atoms with Gasteiger partial charge in [0.1, 0.15) is 10.8 Å². The Bertz CT molecular complexity index is 926. The molecule has 138 valence electrons. The average molecular weight is 379 g/mol. The molecule has 5 nitrogen and oxygen atoms in total. The van der Waals surface area contributed by atoms with Gasteiger partial charge < -0.3 is 9.80 Å². The summed E-state index contributed by atoms with van der Waals surface area (Å²) in [5, 5.41) is 0.972. The Balaban J connectivity index is 1.47. The highest BCUT2D eigenvalue weighted by molar-refractivity contribution is 7.15. The van der Waals surface area contributed by atoms with Crippen LogP contribution in [0.1, 0.15) is 20.9 Å². The summed E-state index contributed by atoms with van der Waals surface area (Å²) in [5.74, 6) is 1.06. The molecule has 2 aromatic heterocycles. The molecule has 0 N–H and O–H groups in total. The average Bonchev–Trinajstić information content (AvgIpc) is 3.07. The lowest BCUT2D eigenvalue weighted by Crippen LogP contribution is -2.49. The molecule has 4 rings (SSSR count). The molecular formula is C21H22N4OS. The van der Waals surface area contributed by atoms with Crippen LogP contribution >= 0.6 is 11.3 Å². The first-order valence-electron chi connectivity index (χ1n) is 9.11. The van der Waals surface area contributed by atoms with Gasteiger partial charge in [-0.3, -0.25) is 4.79 Å². The van der Waals surface area contributed by atoms with Crippen molar-refractivity contribution in [3.05, 3.63) is 64.8 Å². The number of rotatable bonds is 3. The van der Waals surface area contributed by atoms with Gasteiger partial charge in [0.25, 0.3) is 5.91 Å². The van der Waals surface area contributed by atoms with Crippen LogP contribution in [0.5, 0.6) is 0 Å². The van der Waals surface area contributed by atoms with E-state index < -0.39 is 0 Å². The van der Waals surface area contributed by atoms with Crippen molar-refractivity contribution in [1.29, 1.82) is 0 Å². The van der Waals surface area contributed by atoms with E-state index >= 15 is 0 Å². The van der Waals surface area contributed by atoms with Crippen molar-refractivity contribution in [3.8, 4) is 10.6 Å². The smallest absolute Gasteiger partial charge is 0.253 e. The normalized spacial score (nSPS) is 14.4. The number of aryl methyl sites for hydroxylation is 2. The van der Waals surface area contributed by atoms with Crippen LogP contribution in [-0.4, -0.2) is 47.0 Å². The first kappa shape index (κ1) is 17.7. The topological polar surface area (TPSA) is 49.3 Å². The Morgan fingerprint density at radius 3 is 2.52 bits per heavy atom. The number of hydrogen-bond donors (Lipinski definition) is 0. The zero-order valence-corrected chi connectivity index (χ0v) is 16.4. The first-order chi connectivity index (χ1) is 13.1. The quantitative estimate of drug-likeness (QED) is 0.696. The zero-order valence-electron chi connectivity index (χ0n) is 15.6. The molecule has 1 saturated heterocycles. The third kappa shape index (κ3) is 3.71. The Hall–Kier alpha value is -2.73. The Labute approximate surface area is 163 Å². The Kier molecular flexibility index (Phi) is 4.90. The highest BCUT2D eigenvalue weighted by atomic mass is 32.1. The van der Waals surface area contributed by atoms with Crippen molar-refractivity contribution in [3.63, 3.8) is 0 Å². The largest absolute Gasteiger partial charge is 0.353 e. The molecule has 0 saturated carbocycles. The number of benzene rings is 1. The number of pyridine rings is 1. The summed E-state index contributed by atoms with van der Waals surface area (Å²) in [7, 11) is 0. The van der Waals surface area contributed by atoms with Gasteiger partial charge in [0, 0.05) is 48.4 Å². The molecule has 0 bridgehead atoms. The predicted molar refractivity (Wildman–Crippen MR) is 109 cm³/mol. The molecule has 0 spiro atoms. The van der Waals surface area contributed by atoms with Gasteiger partial charge in [-0.15, -0.1) is 11.3 Å². The summed E-state index contributed by atoms with van der Waals surface area (Å²) in [5.41, 5.74) is 2.79. The molecular weight excluding hydrogens is 356 g/mol. The van der Waals surface area contributed by atoms with Crippen LogP contribution in [0.15, 0.2) is 48.7 Å². The molecule has 3 heterocycles. The maximum atomic E-state index is 13.0. The third-order valence-corrected chi connectivity index (χ3v) is 6.05. The van der Waals surface area contributed by atoms with E-state index in [0.717, 1.165) is 40.7 Å². The molecule has 1 aliphatic heterocycles. The summed E-state index contributed by atoms with van der Waals surface area (Å²) in [6, 6.07) is 13.7. The number of anilines is 1. The maximum absolute atomic E-state index is 13.0. The van der Waals surface area contributed by atoms with Crippen molar-refractivity contribution in [2.75, 3.05) is 31.1 Å². The van der Waals surface area contributed by atoms with E-state index in [2.05, 4.69) is 21.8 Å². The molecule has 6 heteroatoms. The minimum Gasteiger partial charge on any atom is -0.353 e. The lowest BCUT2D eigenvalue weighted by Gasteiger charge is -2.35. The van der Waals surface area contributed by atoms with E-state index in [1.807, 2.05) is 54.3 Å². The fraction of sp³-hybridized carbons (Fsp3) is 0.286. The fourth-order valence-corrected chi connectivity index (χ4v) is 4.15. The van der Waals surface area contributed by atoms with E-state index in [-0.39, 0.29) is 5.91 Å². The molecule has 3 aromatic rings. The Morgan fingerprint density at radius 2 is 1.85 bits per heavy atom. The second-order valence-electron chi connectivity index (χ2n) is 6.71. The van der Waals surface area contributed by atoms with Gasteiger partial charge in [0.2, 0.25) is 0 Å². The van der Waals surface area contributed by atoms with Crippen LogP contribution in [-0.2, 0) is 0 Å². The second kappa shape index (κ2) is 7.48. The van der Waals surface area contributed by atoms with Crippen LogP contribution in [0.25, 0.3) is 10.6 Å². The van der Waals surface area contributed by atoms with Crippen LogP contribution in [0.3, 0.4) is 0 Å². The zero-order chi connectivity index (χ0) is 18.8. The lowest BCUT2D eigenvalue weighted by molar-refractivity contribution is 0.0746. The molecule has 1 fully saturated rings. The summed E-state index contributed by atoms with van der Waals surface area (Å²) in [6.45, 7) is 7.10. The summed E-state index contributed by atoms with van der Waals surface area (Å²) in [4.78, 5) is 27.4. The van der Waals surface area contributed by atoms with Gasteiger partial charge in [-0.1, -0.05) is 18.2 Å². The van der Waals surface area contributed by atoms with Crippen molar-refractivity contribution in [2.24, 2.45) is 0 Å². The van der Waals surface area contributed by atoms with Crippen molar-refractivity contribution in [1.82, 2.24) is 14.9 Å². The lowest BCUT2D eigenvalue weighted by atomic mass is 10.1. The molecule has 1 amide bonds. The standard InChI is InChI=1S/C21H22N4OS/c1-15-16(2)27-20(23-15)17-6-5-7-18(14-17)21(26)25-12-10-24(11-13-25)19-8-3-4-9-22-19/h3-9,14H,10-13H2,1-2H3. The highest BCUT2D eigenvalue weighted by Crippen LogP contribution is 2.28. The molecule has 1 aromatic carbocycles. The molecule has 0 radical (unpaired) electrons. The number of hydrogen-bond acceptors (Lipinski definition) is 5. The summed E-state index contributed by atoms with van der Waals surface area (Å²) < 4.78 is 0. The predicted octanol–water partition coefficient (Wildman–Crippen LogP) is 3.78. The number of carbonyl (C=O) groups excluding carboxylic acids is 1. The number of piperazine rings is 1. The van der Waals surface area contributed by atoms with E-state index in [1.165, 1.54) is 4.88 Å². The van der Waals surface area contributed by atoms with E-state index in [1.54, 1.807) is 17.5 Å². The molecule has 1 aliphatic rings. The minimum absolute atomic E-state index is 0.0857. The molecule has 0 atom stereocenters. The van der Waals surface area contributed by atoms with Crippen molar-refractivity contribution in [2.45, 2.75) is 13.8 Å². The minimum atomic E-state index is 0.0857. The van der Waals surface area contributed by atoms with Gasteiger partial charge in [0.05, 0.1) is 5.69 Å². The van der Waals surface area contributed by atoms with Gasteiger partial charge in [-0.25, -0.2) is 9.97 Å². The second-order valence-corrected chi connectivity index (χ2v) is 7.91.